The van der Waals surface area contributed by atoms with Crippen molar-refractivity contribution >= 4 is 27.8 Å². The fraction of sp³-hybridized carbons (Fsp3) is 0.130. The van der Waals surface area contributed by atoms with Crippen molar-refractivity contribution < 1.29 is 17.9 Å². The molecular formula is C23H23N3O4S. The van der Waals surface area contributed by atoms with Crippen LogP contribution in [0.25, 0.3) is 0 Å². The topological polar surface area (TPSA) is 88.1 Å². The zero-order chi connectivity index (χ0) is 22.3. The van der Waals surface area contributed by atoms with Gasteiger partial charge in [0.2, 0.25) is 0 Å². The van der Waals surface area contributed by atoms with E-state index in [1.54, 1.807) is 61.7 Å². The lowest BCUT2D eigenvalue weighted by Gasteiger charge is -2.23. The number of amides is 1. The minimum atomic E-state index is -3.95. The number of aryl methyl sites for hydroxylation is 1. The molecule has 0 bridgehead atoms. The minimum Gasteiger partial charge on any atom is -0.496 e. The molecule has 1 amide bonds. The number of methoxy groups -OCH3 is 1. The van der Waals surface area contributed by atoms with Gasteiger partial charge in [-0.3, -0.25) is 9.10 Å². The molecule has 1 N–H and O–H groups in total. The summed E-state index contributed by atoms with van der Waals surface area (Å²) in [5.74, 6) is 0.0275. The first kappa shape index (κ1) is 22.0. The molecule has 0 aliphatic heterocycles. The van der Waals surface area contributed by atoms with E-state index in [9.17, 15) is 13.2 Å². The van der Waals surface area contributed by atoms with E-state index in [1.165, 1.54) is 18.3 Å². The van der Waals surface area contributed by atoms with Crippen molar-refractivity contribution in [1.82, 2.24) is 5.43 Å². The van der Waals surface area contributed by atoms with E-state index in [4.69, 9.17) is 4.74 Å². The van der Waals surface area contributed by atoms with Crippen LogP contribution in [0.15, 0.2) is 88.9 Å². The number of carbonyl (C=O) groups excluding carboxylic acids is 1. The fourth-order valence-corrected chi connectivity index (χ4v) is 4.30. The Balaban J connectivity index is 1.82. The van der Waals surface area contributed by atoms with Crippen LogP contribution in [0.5, 0.6) is 5.75 Å². The molecule has 0 fully saturated rings. The third-order valence-corrected chi connectivity index (χ3v) is 6.26. The highest BCUT2D eigenvalue weighted by molar-refractivity contribution is 7.92. The predicted octanol–water partition coefficient (Wildman–Crippen LogP) is 3.35. The number of para-hydroxylation sites is 1. The highest BCUT2D eigenvalue weighted by Crippen LogP contribution is 2.23. The number of hydrogen-bond donors (Lipinski definition) is 1. The molecule has 3 rings (SSSR count). The maximum absolute atomic E-state index is 13.2. The molecule has 31 heavy (non-hydrogen) atoms. The summed E-state index contributed by atoms with van der Waals surface area (Å²) in [6, 6.07) is 22.1. The number of anilines is 1. The number of rotatable bonds is 8. The first-order chi connectivity index (χ1) is 14.9. The summed E-state index contributed by atoms with van der Waals surface area (Å²) >= 11 is 0. The molecule has 0 aliphatic carbocycles. The zero-order valence-electron chi connectivity index (χ0n) is 17.2. The average Bonchev–Trinajstić information content (AvgIpc) is 2.79. The van der Waals surface area contributed by atoms with E-state index in [-0.39, 0.29) is 4.90 Å². The van der Waals surface area contributed by atoms with Gasteiger partial charge in [0.25, 0.3) is 15.9 Å². The standard InChI is InChI=1S/C23H23N3O4S/c1-18-12-14-20(15-13-18)26(31(28,29)21-9-4-3-5-10-21)17-23(27)25-24-16-19-8-6-7-11-22(19)30-2/h3-16H,17H2,1-2H3,(H,25,27)/b24-16-. The van der Waals surface area contributed by atoms with Crippen molar-refractivity contribution in [2.75, 3.05) is 18.0 Å². The first-order valence-electron chi connectivity index (χ1n) is 9.51. The second-order valence-electron chi connectivity index (χ2n) is 6.70. The number of sulfonamides is 1. The Labute approximate surface area is 182 Å². The van der Waals surface area contributed by atoms with Crippen LogP contribution < -0.4 is 14.5 Å². The quantitative estimate of drug-likeness (QED) is 0.432. The van der Waals surface area contributed by atoms with Crippen LogP contribution in [-0.2, 0) is 14.8 Å². The van der Waals surface area contributed by atoms with E-state index in [0.717, 1.165) is 9.87 Å². The summed E-state index contributed by atoms with van der Waals surface area (Å²) in [5.41, 5.74) is 4.43. The number of nitrogens with zero attached hydrogens (tertiary/aromatic N) is 2. The average molecular weight is 438 g/mol. The van der Waals surface area contributed by atoms with Crippen LogP contribution in [0.1, 0.15) is 11.1 Å². The Morgan fingerprint density at radius 2 is 1.65 bits per heavy atom. The maximum Gasteiger partial charge on any atom is 0.264 e. The molecule has 0 saturated carbocycles. The van der Waals surface area contributed by atoms with Crippen LogP contribution in [0.3, 0.4) is 0 Å². The van der Waals surface area contributed by atoms with Gasteiger partial charge in [-0.1, -0.05) is 48.0 Å². The fourth-order valence-electron chi connectivity index (χ4n) is 2.86. The maximum atomic E-state index is 13.2. The van der Waals surface area contributed by atoms with Crippen molar-refractivity contribution in [3.8, 4) is 5.75 Å². The summed E-state index contributed by atoms with van der Waals surface area (Å²) in [7, 11) is -2.41. The van der Waals surface area contributed by atoms with E-state index in [0.29, 0.717) is 17.0 Å². The molecule has 0 atom stereocenters. The van der Waals surface area contributed by atoms with Gasteiger partial charge in [0.05, 0.1) is 23.9 Å². The highest BCUT2D eigenvalue weighted by atomic mass is 32.2. The predicted molar refractivity (Wildman–Crippen MR) is 121 cm³/mol. The van der Waals surface area contributed by atoms with Crippen molar-refractivity contribution in [2.24, 2.45) is 5.10 Å². The summed E-state index contributed by atoms with van der Waals surface area (Å²) in [6.07, 6.45) is 1.44. The van der Waals surface area contributed by atoms with E-state index < -0.39 is 22.5 Å². The molecular weight excluding hydrogens is 414 g/mol. The lowest BCUT2D eigenvalue weighted by molar-refractivity contribution is -0.119. The van der Waals surface area contributed by atoms with Crippen molar-refractivity contribution in [3.63, 3.8) is 0 Å². The summed E-state index contributed by atoms with van der Waals surface area (Å²) < 4.78 is 32.7. The van der Waals surface area contributed by atoms with Crippen molar-refractivity contribution in [3.05, 3.63) is 90.0 Å². The molecule has 0 aliphatic rings. The molecule has 0 radical (unpaired) electrons. The van der Waals surface area contributed by atoms with Gasteiger partial charge < -0.3 is 4.74 Å². The van der Waals surface area contributed by atoms with E-state index >= 15 is 0 Å². The molecule has 160 valence electrons. The zero-order valence-corrected chi connectivity index (χ0v) is 18.0. The molecule has 8 heteroatoms. The lowest BCUT2D eigenvalue weighted by Crippen LogP contribution is -2.39. The Morgan fingerprint density at radius 1 is 1.00 bits per heavy atom. The number of nitrogens with one attached hydrogen (secondary N) is 1. The SMILES string of the molecule is COc1ccccc1/C=N\NC(=O)CN(c1ccc(C)cc1)S(=O)(=O)c1ccccc1. The molecule has 0 aromatic heterocycles. The Hall–Kier alpha value is -3.65. The van der Waals surface area contributed by atoms with Gasteiger partial charge in [-0.2, -0.15) is 5.10 Å². The van der Waals surface area contributed by atoms with Crippen LogP contribution in [0.4, 0.5) is 5.69 Å². The Bertz CT molecular complexity index is 1160. The van der Waals surface area contributed by atoms with Gasteiger partial charge in [-0.15, -0.1) is 0 Å². The van der Waals surface area contributed by atoms with Gasteiger partial charge >= 0.3 is 0 Å². The van der Waals surface area contributed by atoms with Crippen LogP contribution in [0.2, 0.25) is 0 Å². The second-order valence-corrected chi connectivity index (χ2v) is 8.56. The molecule has 7 nitrogen and oxygen atoms in total. The monoisotopic (exact) mass is 437 g/mol. The normalized spacial score (nSPS) is 11.3. The molecule has 0 unspecified atom stereocenters. The van der Waals surface area contributed by atoms with Gasteiger partial charge in [0, 0.05) is 5.56 Å². The number of hydrogen-bond acceptors (Lipinski definition) is 5. The number of hydrazone groups is 1. The first-order valence-corrected chi connectivity index (χ1v) is 10.9. The summed E-state index contributed by atoms with van der Waals surface area (Å²) in [5, 5.41) is 3.94. The van der Waals surface area contributed by atoms with E-state index in [1.807, 2.05) is 19.1 Å². The number of carbonyl (C=O) groups is 1. The summed E-state index contributed by atoms with van der Waals surface area (Å²) in [6.45, 7) is 1.47. The third kappa shape index (κ3) is 5.49. The molecule has 3 aromatic rings. The molecule has 0 spiro atoms. The van der Waals surface area contributed by atoms with Crippen LogP contribution in [-0.4, -0.2) is 34.2 Å². The highest BCUT2D eigenvalue weighted by Gasteiger charge is 2.27. The van der Waals surface area contributed by atoms with Crippen molar-refractivity contribution in [2.45, 2.75) is 11.8 Å². The largest absolute Gasteiger partial charge is 0.496 e. The molecule has 0 heterocycles. The summed E-state index contributed by atoms with van der Waals surface area (Å²) in [4.78, 5) is 12.7. The molecule has 0 saturated heterocycles. The molecule has 3 aromatic carbocycles. The Morgan fingerprint density at radius 3 is 2.32 bits per heavy atom. The van der Waals surface area contributed by atoms with Gasteiger partial charge in [-0.05, 0) is 43.3 Å². The lowest BCUT2D eigenvalue weighted by atomic mass is 10.2. The van der Waals surface area contributed by atoms with Gasteiger partial charge in [-0.25, -0.2) is 13.8 Å². The van der Waals surface area contributed by atoms with Crippen LogP contribution >= 0.6 is 0 Å². The Kier molecular flexibility index (Phi) is 7.04. The second kappa shape index (κ2) is 9.90. The van der Waals surface area contributed by atoms with E-state index in [2.05, 4.69) is 10.5 Å². The number of benzene rings is 3. The van der Waals surface area contributed by atoms with Crippen LogP contribution in [0, 0.1) is 6.92 Å². The van der Waals surface area contributed by atoms with Gasteiger partial charge in [0.1, 0.15) is 12.3 Å². The smallest absolute Gasteiger partial charge is 0.264 e. The number of ether oxygens (including phenoxy) is 1. The van der Waals surface area contributed by atoms with Crippen molar-refractivity contribution in [1.29, 1.82) is 0 Å². The minimum absolute atomic E-state index is 0.0981. The third-order valence-electron chi connectivity index (χ3n) is 4.47. The van der Waals surface area contributed by atoms with Gasteiger partial charge in [0.15, 0.2) is 0 Å².